The van der Waals surface area contributed by atoms with Crippen molar-refractivity contribution in [2.45, 2.75) is 132 Å². The highest BCUT2D eigenvalue weighted by atomic mass is 14.2. The number of unbranched alkanes of at least 4 members (excludes halogenated alkanes) is 4. The molecule has 4 fully saturated rings. The normalized spacial score (nSPS) is 33.9. The van der Waals surface area contributed by atoms with Crippen LogP contribution in [0.3, 0.4) is 0 Å². The van der Waals surface area contributed by atoms with E-state index < -0.39 is 0 Å². The Balaban J connectivity index is 1.08. The van der Waals surface area contributed by atoms with Crippen LogP contribution in [0.1, 0.15) is 109 Å². The molecule has 0 atom stereocenters. The average molecular weight is 364 g/mol. The maximum atomic E-state index is 2.65. The first-order valence-electron chi connectivity index (χ1n) is 12.7. The van der Waals surface area contributed by atoms with Gasteiger partial charge in [-0.05, 0) is 25.7 Å². The number of rotatable bonds is 8. The highest BCUT2D eigenvalue weighted by Gasteiger charge is 2.37. The third-order valence-electron chi connectivity index (χ3n) is 8.73. The summed E-state index contributed by atoms with van der Waals surface area (Å²) >= 11 is 0. The van der Waals surface area contributed by atoms with Crippen LogP contribution in [0, 0.1) is 0 Å². The lowest BCUT2D eigenvalue weighted by molar-refractivity contribution is 0.447. The maximum absolute atomic E-state index is 2.65. The lowest BCUT2D eigenvalue weighted by Gasteiger charge is -2.39. The number of hydrogen-bond acceptors (Lipinski definition) is 0. The van der Waals surface area contributed by atoms with E-state index in [1.165, 1.54) is 109 Å². The van der Waals surface area contributed by atoms with Crippen molar-refractivity contribution in [3.63, 3.8) is 0 Å². The number of fused-ring (bicyclic) bond motifs is 4. The van der Waals surface area contributed by atoms with Crippen LogP contribution in [0.5, 0.6) is 0 Å². The zero-order chi connectivity index (χ0) is 18.3. The molecule has 0 unspecified atom stereocenters. The molecule has 0 radical (unpaired) electrons. The van der Waals surface area contributed by atoms with Crippen LogP contribution < -0.4 is 0 Å². The Morgan fingerprint density at radius 1 is 0.481 bits per heavy atom. The largest absolute Gasteiger partial charge is 0.172 e. The summed E-state index contributed by atoms with van der Waals surface area (Å²) < 4.78 is 0. The minimum atomic E-state index is 0.949. The molecular formula is C25H42B2. The lowest BCUT2D eigenvalue weighted by atomic mass is 9.27. The van der Waals surface area contributed by atoms with Crippen molar-refractivity contribution in [3.05, 3.63) is 24.1 Å². The van der Waals surface area contributed by atoms with Gasteiger partial charge in [0.15, 0.2) is 13.4 Å². The molecule has 0 aromatic carbocycles. The van der Waals surface area contributed by atoms with E-state index in [1.807, 2.05) is 0 Å². The van der Waals surface area contributed by atoms with Crippen molar-refractivity contribution in [3.8, 4) is 0 Å². The number of hydrogen-bond donors (Lipinski definition) is 0. The van der Waals surface area contributed by atoms with E-state index in [2.05, 4.69) is 24.1 Å². The Labute approximate surface area is 170 Å². The Bertz CT molecular complexity index is 409. The molecule has 2 heteroatoms. The smallest absolute Gasteiger partial charge is 0.118 e. The molecule has 0 spiro atoms. The molecule has 0 aromatic heterocycles. The summed E-state index contributed by atoms with van der Waals surface area (Å²) in [4.78, 5) is 0. The Hall–Kier alpha value is -0.390. The SMILES string of the molecule is C(=C\B1C2CCCC1CCC2)/CCCCC/C=C/B1C2CCCC1CCC2. The van der Waals surface area contributed by atoms with Gasteiger partial charge in [0.1, 0.15) is 0 Å². The fourth-order valence-electron chi connectivity index (χ4n) is 7.29. The summed E-state index contributed by atoms with van der Waals surface area (Å²) in [5, 5.41) is 0. The zero-order valence-corrected chi connectivity index (χ0v) is 17.8. The summed E-state index contributed by atoms with van der Waals surface area (Å²) in [5.41, 5.74) is 0. The van der Waals surface area contributed by atoms with Crippen molar-refractivity contribution in [2.24, 2.45) is 0 Å². The van der Waals surface area contributed by atoms with Crippen LogP contribution in [0.25, 0.3) is 0 Å². The molecule has 4 rings (SSSR count). The van der Waals surface area contributed by atoms with Gasteiger partial charge >= 0.3 is 0 Å². The van der Waals surface area contributed by atoms with Crippen molar-refractivity contribution < 1.29 is 0 Å². The van der Waals surface area contributed by atoms with Crippen molar-refractivity contribution in [2.75, 3.05) is 0 Å². The van der Waals surface area contributed by atoms with Crippen LogP contribution in [0.2, 0.25) is 23.3 Å². The molecule has 0 N–H and O–H groups in total. The molecule has 0 aliphatic carbocycles. The topological polar surface area (TPSA) is 0 Å². The van der Waals surface area contributed by atoms with E-state index >= 15 is 0 Å². The first kappa shape index (κ1) is 19.9. The molecule has 4 heterocycles. The van der Waals surface area contributed by atoms with Crippen molar-refractivity contribution >= 4 is 13.4 Å². The van der Waals surface area contributed by atoms with Gasteiger partial charge in [0, 0.05) is 0 Å². The summed E-state index contributed by atoms with van der Waals surface area (Å²) in [7, 11) is 0. The first-order chi connectivity index (χ1) is 13.4. The van der Waals surface area contributed by atoms with E-state index in [0.717, 1.165) is 36.7 Å². The second-order valence-electron chi connectivity index (χ2n) is 10.4. The summed E-state index contributed by atoms with van der Waals surface area (Å²) in [5.74, 6) is 9.46. The molecule has 27 heavy (non-hydrogen) atoms. The van der Waals surface area contributed by atoms with E-state index in [1.54, 1.807) is 0 Å². The molecule has 4 aliphatic rings. The molecular weight excluding hydrogens is 322 g/mol. The van der Waals surface area contributed by atoms with Crippen LogP contribution in [-0.4, -0.2) is 13.4 Å². The van der Waals surface area contributed by atoms with Crippen molar-refractivity contribution in [1.82, 2.24) is 0 Å². The van der Waals surface area contributed by atoms with Gasteiger partial charge in [-0.2, -0.15) is 0 Å². The van der Waals surface area contributed by atoms with Gasteiger partial charge in [0.05, 0.1) is 0 Å². The van der Waals surface area contributed by atoms with Gasteiger partial charge < -0.3 is 0 Å². The molecule has 4 saturated heterocycles. The predicted molar refractivity (Wildman–Crippen MR) is 123 cm³/mol. The highest BCUT2D eigenvalue weighted by molar-refractivity contribution is 6.68. The summed E-state index contributed by atoms with van der Waals surface area (Å²) in [6, 6.07) is 0. The van der Waals surface area contributed by atoms with Crippen LogP contribution in [0.4, 0.5) is 0 Å². The molecule has 0 saturated carbocycles. The Morgan fingerprint density at radius 2 is 0.815 bits per heavy atom. The molecule has 4 bridgehead atoms. The fraction of sp³-hybridized carbons (Fsp3) is 0.840. The Kier molecular flexibility index (Phi) is 7.67. The minimum Gasteiger partial charge on any atom is -0.118 e. The van der Waals surface area contributed by atoms with Gasteiger partial charge in [0.2, 0.25) is 0 Å². The first-order valence-corrected chi connectivity index (χ1v) is 12.7. The maximum Gasteiger partial charge on any atom is 0.172 e. The predicted octanol–water partition coefficient (Wildman–Crippen LogP) is 8.33. The average Bonchev–Trinajstić information content (AvgIpc) is 2.66. The minimum absolute atomic E-state index is 0.949. The second-order valence-corrected chi connectivity index (χ2v) is 10.4. The van der Waals surface area contributed by atoms with E-state index in [0.29, 0.717) is 0 Å². The van der Waals surface area contributed by atoms with Crippen LogP contribution >= 0.6 is 0 Å². The van der Waals surface area contributed by atoms with E-state index in [-0.39, 0.29) is 0 Å². The second kappa shape index (κ2) is 10.4. The molecule has 0 amide bonds. The molecule has 4 aliphatic heterocycles. The zero-order valence-electron chi connectivity index (χ0n) is 17.8. The van der Waals surface area contributed by atoms with Gasteiger partial charge in [-0.25, -0.2) is 0 Å². The molecule has 148 valence electrons. The standard InChI is InChI=1S/C25H42B2/c1(2-4-6-20-26-22-12-8-13-23(26)15-9-14-22)3-5-7-21-27-24-16-10-17-25(27)19-11-18-24/h6-7,20-25H,1-5,8-19H2/b20-6+,21-7+. The lowest BCUT2D eigenvalue weighted by Crippen LogP contribution is -2.32. The van der Waals surface area contributed by atoms with Gasteiger partial charge in [-0.15, -0.1) is 12.0 Å². The van der Waals surface area contributed by atoms with E-state index in [9.17, 15) is 0 Å². The van der Waals surface area contributed by atoms with Gasteiger partial charge in [0.25, 0.3) is 0 Å². The summed E-state index contributed by atoms with van der Waals surface area (Å²) in [6.07, 6.45) is 30.1. The van der Waals surface area contributed by atoms with Crippen LogP contribution in [-0.2, 0) is 0 Å². The quantitative estimate of drug-likeness (QED) is 0.300. The third kappa shape index (κ3) is 5.36. The monoisotopic (exact) mass is 364 g/mol. The van der Waals surface area contributed by atoms with Gasteiger partial charge in [-0.3, -0.25) is 0 Å². The van der Waals surface area contributed by atoms with Gasteiger partial charge in [-0.1, -0.05) is 119 Å². The van der Waals surface area contributed by atoms with Crippen LogP contribution in [0.15, 0.2) is 24.1 Å². The highest BCUT2D eigenvalue weighted by Crippen LogP contribution is 2.47. The van der Waals surface area contributed by atoms with Crippen molar-refractivity contribution in [1.29, 1.82) is 0 Å². The Morgan fingerprint density at radius 3 is 1.15 bits per heavy atom. The number of allylic oxidation sites excluding steroid dienone is 2. The van der Waals surface area contributed by atoms with E-state index in [4.69, 9.17) is 0 Å². The molecule has 0 nitrogen and oxygen atoms in total. The third-order valence-corrected chi connectivity index (χ3v) is 8.73. The molecule has 0 aromatic rings. The summed E-state index contributed by atoms with van der Waals surface area (Å²) in [6.45, 7) is 1.90. The fourth-order valence-corrected chi connectivity index (χ4v) is 7.29.